The summed E-state index contributed by atoms with van der Waals surface area (Å²) in [5.74, 6) is 0.576. The van der Waals surface area contributed by atoms with Crippen molar-refractivity contribution in [3.8, 4) is 0 Å². The summed E-state index contributed by atoms with van der Waals surface area (Å²) in [6.07, 6.45) is 2.30. The van der Waals surface area contributed by atoms with Crippen molar-refractivity contribution in [3.05, 3.63) is 64.2 Å². The Kier molecular flexibility index (Phi) is 6.67. The maximum Gasteiger partial charge on any atom is 0.255 e. The van der Waals surface area contributed by atoms with Crippen LogP contribution < -0.4 is 10.6 Å². The zero-order valence-electron chi connectivity index (χ0n) is 13.6. The van der Waals surface area contributed by atoms with E-state index in [1.54, 1.807) is 6.07 Å². The third-order valence-electron chi connectivity index (χ3n) is 4.27. The lowest BCUT2D eigenvalue weighted by molar-refractivity contribution is 0.102. The number of carbonyl (C=O) groups is 1. The van der Waals surface area contributed by atoms with Crippen LogP contribution in [0.2, 0.25) is 5.02 Å². The first-order chi connectivity index (χ1) is 11.1. The van der Waals surface area contributed by atoms with E-state index in [2.05, 4.69) is 10.6 Å². The van der Waals surface area contributed by atoms with Gasteiger partial charge in [-0.25, -0.2) is 0 Å². The summed E-state index contributed by atoms with van der Waals surface area (Å²) in [4.78, 5) is 12.4. The minimum Gasteiger partial charge on any atom is -0.321 e. The number of amides is 1. The second-order valence-corrected chi connectivity index (χ2v) is 6.60. The number of aryl methyl sites for hydroxylation is 1. The Labute approximate surface area is 154 Å². The second kappa shape index (κ2) is 8.52. The zero-order valence-corrected chi connectivity index (χ0v) is 15.2. The molecular weight excluding hydrogens is 343 g/mol. The van der Waals surface area contributed by atoms with Gasteiger partial charge in [-0.05, 0) is 74.2 Å². The van der Waals surface area contributed by atoms with Gasteiger partial charge in [-0.1, -0.05) is 29.8 Å². The molecule has 1 fully saturated rings. The van der Waals surface area contributed by atoms with E-state index >= 15 is 0 Å². The fourth-order valence-corrected chi connectivity index (χ4v) is 3.11. The summed E-state index contributed by atoms with van der Waals surface area (Å²) < 4.78 is 0. The minimum atomic E-state index is -0.133. The molecule has 1 unspecified atom stereocenters. The van der Waals surface area contributed by atoms with Crippen LogP contribution in [0.4, 0.5) is 5.69 Å². The van der Waals surface area contributed by atoms with E-state index < -0.39 is 0 Å². The maximum absolute atomic E-state index is 12.4. The third-order valence-corrected chi connectivity index (χ3v) is 4.60. The van der Waals surface area contributed by atoms with Gasteiger partial charge in [-0.3, -0.25) is 4.79 Å². The van der Waals surface area contributed by atoms with Crippen molar-refractivity contribution < 1.29 is 4.79 Å². The summed E-state index contributed by atoms with van der Waals surface area (Å²) in [5, 5.41) is 6.81. The van der Waals surface area contributed by atoms with E-state index in [1.807, 2.05) is 43.3 Å². The maximum atomic E-state index is 12.4. The van der Waals surface area contributed by atoms with Crippen LogP contribution in [0.15, 0.2) is 42.5 Å². The Morgan fingerprint density at radius 2 is 2.00 bits per heavy atom. The average Bonchev–Trinajstić information content (AvgIpc) is 3.04. The Bertz CT molecular complexity index is 695. The van der Waals surface area contributed by atoms with Gasteiger partial charge in [0, 0.05) is 5.56 Å². The van der Waals surface area contributed by atoms with Gasteiger partial charge in [0.1, 0.15) is 0 Å². The molecule has 0 spiro atoms. The molecule has 3 nitrogen and oxygen atoms in total. The Morgan fingerprint density at radius 1 is 1.25 bits per heavy atom. The number of benzene rings is 2. The lowest BCUT2D eigenvalue weighted by Gasteiger charge is -2.10. The van der Waals surface area contributed by atoms with E-state index in [0.29, 0.717) is 22.2 Å². The van der Waals surface area contributed by atoms with Crippen LogP contribution >= 0.6 is 24.0 Å². The Hall–Kier alpha value is -1.55. The first-order valence-electron chi connectivity index (χ1n) is 7.99. The van der Waals surface area contributed by atoms with Crippen LogP contribution in [-0.2, 0) is 6.42 Å². The number of hydrogen-bond donors (Lipinski definition) is 2. The van der Waals surface area contributed by atoms with E-state index in [0.717, 1.165) is 25.1 Å². The van der Waals surface area contributed by atoms with Crippen LogP contribution in [0, 0.1) is 12.8 Å². The highest BCUT2D eigenvalue weighted by Crippen LogP contribution is 2.23. The molecule has 128 valence electrons. The lowest BCUT2D eigenvalue weighted by atomic mass is 9.98. The van der Waals surface area contributed by atoms with Gasteiger partial charge in [0.05, 0.1) is 10.7 Å². The van der Waals surface area contributed by atoms with Crippen molar-refractivity contribution in [2.45, 2.75) is 19.8 Å². The summed E-state index contributed by atoms with van der Waals surface area (Å²) in [6, 6.07) is 13.5. The number of rotatable bonds is 4. The van der Waals surface area contributed by atoms with Crippen molar-refractivity contribution in [2.75, 3.05) is 18.4 Å². The molecule has 3 rings (SSSR count). The van der Waals surface area contributed by atoms with Gasteiger partial charge in [0.2, 0.25) is 0 Å². The number of hydrogen-bond acceptors (Lipinski definition) is 2. The predicted octanol–water partition coefficient (Wildman–Crippen LogP) is 4.47. The summed E-state index contributed by atoms with van der Waals surface area (Å²) in [6.45, 7) is 4.18. The number of halogens is 2. The highest BCUT2D eigenvalue weighted by Gasteiger charge is 2.15. The van der Waals surface area contributed by atoms with Crippen molar-refractivity contribution in [3.63, 3.8) is 0 Å². The molecular formula is C19H22Cl2N2O. The highest BCUT2D eigenvalue weighted by molar-refractivity contribution is 6.33. The fraction of sp³-hybridized carbons (Fsp3) is 0.316. The smallest absolute Gasteiger partial charge is 0.255 e. The molecule has 0 saturated carbocycles. The summed E-state index contributed by atoms with van der Waals surface area (Å²) >= 11 is 6.13. The van der Waals surface area contributed by atoms with E-state index in [4.69, 9.17) is 11.6 Å². The van der Waals surface area contributed by atoms with Crippen molar-refractivity contribution >= 4 is 35.6 Å². The van der Waals surface area contributed by atoms with E-state index in [1.165, 1.54) is 12.0 Å². The molecule has 1 heterocycles. The van der Waals surface area contributed by atoms with Gasteiger partial charge >= 0.3 is 0 Å². The van der Waals surface area contributed by atoms with Crippen LogP contribution in [-0.4, -0.2) is 19.0 Å². The molecule has 1 saturated heterocycles. The molecule has 2 aromatic carbocycles. The molecule has 0 aromatic heterocycles. The van der Waals surface area contributed by atoms with E-state index in [-0.39, 0.29) is 18.3 Å². The average molecular weight is 365 g/mol. The third kappa shape index (κ3) is 4.73. The monoisotopic (exact) mass is 364 g/mol. The number of nitrogens with one attached hydrogen (secondary N) is 2. The largest absolute Gasteiger partial charge is 0.321 e. The molecule has 1 aliphatic rings. The van der Waals surface area contributed by atoms with Crippen LogP contribution in [0.25, 0.3) is 0 Å². The normalized spacial score (nSPS) is 16.5. The molecule has 1 atom stereocenters. The summed E-state index contributed by atoms with van der Waals surface area (Å²) in [7, 11) is 0. The van der Waals surface area contributed by atoms with Crippen molar-refractivity contribution in [1.29, 1.82) is 0 Å². The molecule has 2 N–H and O–H groups in total. The molecule has 5 heteroatoms. The quantitative estimate of drug-likeness (QED) is 0.839. The van der Waals surface area contributed by atoms with Crippen LogP contribution in [0.5, 0.6) is 0 Å². The minimum absolute atomic E-state index is 0. The molecule has 0 aliphatic carbocycles. The molecule has 1 amide bonds. The van der Waals surface area contributed by atoms with Gasteiger partial charge in [0.25, 0.3) is 5.91 Å². The second-order valence-electron chi connectivity index (χ2n) is 6.20. The first kappa shape index (κ1) is 18.8. The molecule has 2 aromatic rings. The number of carbonyl (C=O) groups excluding carboxylic acids is 1. The molecule has 1 aliphatic heterocycles. The lowest BCUT2D eigenvalue weighted by Crippen LogP contribution is -2.13. The Morgan fingerprint density at radius 3 is 2.67 bits per heavy atom. The number of anilines is 1. The zero-order chi connectivity index (χ0) is 16.2. The first-order valence-corrected chi connectivity index (χ1v) is 8.37. The van der Waals surface area contributed by atoms with Gasteiger partial charge in [-0.15, -0.1) is 12.4 Å². The SMILES string of the molecule is Cc1ccc(Cl)c(NC(=O)c2ccc(CC3CCNC3)cc2)c1.Cl. The highest BCUT2D eigenvalue weighted by atomic mass is 35.5. The topological polar surface area (TPSA) is 41.1 Å². The molecule has 0 radical (unpaired) electrons. The van der Waals surface area contributed by atoms with Crippen molar-refractivity contribution in [1.82, 2.24) is 5.32 Å². The van der Waals surface area contributed by atoms with E-state index in [9.17, 15) is 4.79 Å². The Balaban J connectivity index is 0.00000208. The molecule has 0 bridgehead atoms. The fourth-order valence-electron chi connectivity index (χ4n) is 2.94. The van der Waals surface area contributed by atoms with Crippen LogP contribution in [0.1, 0.15) is 27.9 Å². The standard InChI is InChI=1S/C19H21ClN2O.ClH/c1-13-2-7-17(20)18(10-13)22-19(23)16-5-3-14(4-6-16)11-15-8-9-21-12-15;/h2-7,10,15,21H,8-9,11-12H2,1H3,(H,22,23);1H. The van der Waals surface area contributed by atoms with Crippen LogP contribution in [0.3, 0.4) is 0 Å². The molecule has 24 heavy (non-hydrogen) atoms. The predicted molar refractivity (Wildman–Crippen MR) is 103 cm³/mol. The van der Waals surface area contributed by atoms with Crippen molar-refractivity contribution in [2.24, 2.45) is 5.92 Å². The summed E-state index contributed by atoms with van der Waals surface area (Å²) in [5.41, 5.74) is 3.64. The van der Waals surface area contributed by atoms with Gasteiger partial charge in [-0.2, -0.15) is 0 Å². The van der Waals surface area contributed by atoms with Gasteiger partial charge < -0.3 is 10.6 Å². The van der Waals surface area contributed by atoms with Gasteiger partial charge in [0.15, 0.2) is 0 Å².